The molecule has 1 aromatic carbocycles. The summed E-state index contributed by atoms with van der Waals surface area (Å²) in [5, 5.41) is 3.66. The summed E-state index contributed by atoms with van der Waals surface area (Å²) in [7, 11) is 0. The Kier molecular flexibility index (Phi) is 5.33. The molecule has 1 atom stereocenters. The van der Waals surface area contributed by atoms with Crippen molar-refractivity contribution in [2.24, 2.45) is 0 Å². The Balaban J connectivity index is 1.81. The number of H-pyrrole nitrogens is 1. The highest BCUT2D eigenvalue weighted by Gasteiger charge is 2.14. The van der Waals surface area contributed by atoms with E-state index in [0.29, 0.717) is 5.75 Å². The summed E-state index contributed by atoms with van der Waals surface area (Å²) in [6, 6.07) is 6.43. The third-order valence-corrected chi connectivity index (χ3v) is 4.93. The first-order valence-corrected chi connectivity index (χ1v) is 9.07. The molecule has 0 saturated carbocycles. The largest absolute Gasteiger partial charge is 0.357 e. The van der Waals surface area contributed by atoms with Crippen LogP contribution in [0.15, 0.2) is 41.8 Å². The molecule has 0 saturated heterocycles. The van der Waals surface area contributed by atoms with Crippen LogP contribution in [0.25, 0.3) is 22.2 Å². The van der Waals surface area contributed by atoms with Crippen molar-refractivity contribution >= 4 is 28.7 Å². The number of rotatable bonds is 6. The van der Waals surface area contributed by atoms with Crippen LogP contribution in [0.1, 0.15) is 20.3 Å². The van der Waals surface area contributed by atoms with Crippen molar-refractivity contribution in [2.75, 3.05) is 5.75 Å². The lowest BCUT2D eigenvalue weighted by Crippen LogP contribution is -2.33. The van der Waals surface area contributed by atoms with Gasteiger partial charge in [-0.2, -0.15) is 0 Å². The first kappa shape index (κ1) is 17.4. The minimum atomic E-state index is -0.276. The van der Waals surface area contributed by atoms with E-state index in [1.165, 1.54) is 30.2 Å². The Morgan fingerprint density at radius 1 is 1.32 bits per heavy atom. The Morgan fingerprint density at radius 3 is 2.80 bits per heavy atom. The predicted octanol–water partition coefficient (Wildman–Crippen LogP) is 3.77. The van der Waals surface area contributed by atoms with Gasteiger partial charge in [0, 0.05) is 17.8 Å². The SMILES string of the molecule is CC[C@@H](C)NC(=O)CSc1ncnc2c(-c3ccc(F)cc3)c[nH]c12. The number of halogens is 1. The standard InChI is InChI=1S/C18H19FN4OS/c1-3-11(2)23-15(24)9-25-18-17-16(21-10-22-18)14(8-20-17)12-4-6-13(19)7-5-12/h4-8,10-11,20H,3,9H2,1-2H3,(H,23,24)/t11-/m1/s1. The fourth-order valence-electron chi connectivity index (χ4n) is 2.43. The minimum Gasteiger partial charge on any atom is -0.357 e. The quantitative estimate of drug-likeness (QED) is 0.520. The molecule has 0 spiro atoms. The summed E-state index contributed by atoms with van der Waals surface area (Å²) in [5.41, 5.74) is 3.29. The van der Waals surface area contributed by atoms with E-state index < -0.39 is 0 Å². The van der Waals surface area contributed by atoms with E-state index in [9.17, 15) is 9.18 Å². The van der Waals surface area contributed by atoms with E-state index in [4.69, 9.17) is 0 Å². The molecule has 0 aliphatic heterocycles. The molecule has 0 aliphatic carbocycles. The first-order chi connectivity index (χ1) is 12.1. The summed E-state index contributed by atoms with van der Waals surface area (Å²) in [6.07, 6.45) is 4.21. The lowest BCUT2D eigenvalue weighted by molar-refractivity contribution is -0.119. The molecule has 3 aromatic rings. The maximum absolute atomic E-state index is 13.1. The lowest BCUT2D eigenvalue weighted by Gasteiger charge is -2.10. The van der Waals surface area contributed by atoms with Crippen LogP contribution >= 0.6 is 11.8 Å². The highest BCUT2D eigenvalue weighted by atomic mass is 32.2. The molecule has 1 amide bonds. The zero-order valence-electron chi connectivity index (χ0n) is 14.0. The highest BCUT2D eigenvalue weighted by Crippen LogP contribution is 2.31. The number of aromatic amines is 1. The number of carbonyl (C=O) groups is 1. The van der Waals surface area contributed by atoms with Crippen LogP contribution in [0.5, 0.6) is 0 Å². The summed E-state index contributed by atoms with van der Waals surface area (Å²) in [6.45, 7) is 4.01. The fraction of sp³-hybridized carbons (Fsp3) is 0.278. The maximum Gasteiger partial charge on any atom is 0.230 e. The molecule has 0 bridgehead atoms. The second kappa shape index (κ2) is 7.65. The van der Waals surface area contributed by atoms with Gasteiger partial charge in [-0.15, -0.1) is 0 Å². The smallest absolute Gasteiger partial charge is 0.230 e. The van der Waals surface area contributed by atoms with E-state index in [-0.39, 0.29) is 17.8 Å². The molecule has 2 N–H and O–H groups in total. The molecule has 2 heterocycles. The number of amides is 1. The number of carbonyl (C=O) groups excluding carboxylic acids is 1. The summed E-state index contributed by atoms with van der Waals surface area (Å²) >= 11 is 1.37. The summed E-state index contributed by atoms with van der Waals surface area (Å²) in [5.74, 6) is -0.000315. The van der Waals surface area contributed by atoms with Gasteiger partial charge in [0.05, 0.1) is 11.3 Å². The lowest BCUT2D eigenvalue weighted by atomic mass is 10.1. The van der Waals surface area contributed by atoms with Gasteiger partial charge in [0.15, 0.2) is 0 Å². The Bertz CT molecular complexity index is 878. The summed E-state index contributed by atoms with van der Waals surface area (Å²) < 4.78 is 13.1. The van der Waals surface area contributed by atoms with Crippen molar-refractivity contribution in [2.45, 2.75) is 31.3 Å². The number of thioether (sulfide) groups is 1. The van der Waals surface area contributed by atoms with Gasteiger partial charge in [-0.3, -0.25) is 4.79 Å². The molecule has 5 nitrogen and oxygen atoms in total. The Labute approximate surface area is 149 Å². The van der Waals surface area contributed by atoms with Gasteiger partial charge in [-0.05, 0) is 31.0 Å². The zero-order chi connectivity index (χ0) is 17.8. The molecule has 0 unspecified atom stereocenters. The third kappa shape index (κ3) is 3.99. The van der Waals surface area contributed by atoms with Crippen LogP contribution in [0.2, 0.25) is 0 Å². The predicted molar refractivity (Wildman–Crippen MR) is 97.9 cm³/mol. The van der Waals surface area contributed by atoms with Gasteiger partial charge in [-0.25, -0.2) is 14.4 Å². The molecule has 2 aromatic heterocycles. The second-order valence-electron chi connectivity index (χ2n) is 5.78. The van der Waals surface area contributed by atoms with Crippen molar-refractivity contribution < 1.29 is 9.18 Å². The van der Waals surface area contributed by atoms with Gasteiger partial charge < -0.3 is 10.3 Å². The van der Waals surface area contributed by atoms with E-state index in [1.807, 2.05) is 20.0 Å². The number of benzene rings is 1. The van der Waals surface area contributed by atoms with Crippen molar-refractivity contribution in [3.63, 3.8) is 0 Å². The normalized spacial score (nSPS) is 12.3. The van der Waals surface area contributed by atoms with Crippen LogP contribution < -0.4 is 5.32 Å². The van der Waals surface area contributed by atoms with Crippen molar-refractivity contribution in [3.05, 3.63) is 42.6 Å². The van der Waals surface area contributed by atoms with Crippen LogP contribution in [-0.2, 0) is 4.79 Å². The molecule has 25 heavy (non-hydrogen) atoms. The molecule has 0 fully saturated rings. The summed E-state index contributed by atoms with van der Waals surface area (Å²) in [4.78, 5) is 23.8. The van der Waals surface area contributed by atoms with Crippen molar-refractivity contribution in [1.29, 1.82) is 0 Å². The van der Waals surface area contributed by atoms with E-state index >= 15 is 0 Å². The van der Waals surface area contributed by atoms with Crippen LogP contribution in [-0.4, -0.2) is 32.7 Å². The fourth-order valence-corrected chi connectivity index (χ4v) is 3.20. The molecule has 130 valence electrons. The topological polar surface area (TPSA) is 70.7 Å². The number of hydrogen-bond acceptors (Lipinski definition) is 4. The Hall–Kier alpha value is -2.41. The van der Waals surface area contributed by atoms with E-state index in [0.717, 1.165) is 33.6 Å². The zero-order valence-corrected chi connectivity index (χ0v) is 14.9. The monoisotopic (exact) mass is 358 g/mol. The number of hydrogen-bond donors (Lipinski definition) is 2. The van der Waals surface area contributed by atoms with Crippen molar-refractivity contribution in [3.8, 4) is 11.1 Å². The highest BCUT2D eigenvalue weighted by molar-refractivity contribution is 8.00. The molecule has 0 radical (unpaired) electrons. The molecule has 7 heteroatoms. The van der Waals surface area contributed by atoms with Gasteiger partial charge in [0.25, 0.3) is 0 Å². The van der Waals surface area contributed by atoms with Crippen LogP contribution in [0.4, 0.5) is 4.39 Å². The van der Waals surface area contributed by atoms with Gasteiger partial charge in [0.2, 0.25) is 5.91 Å². The van der Waals surface area contributed by atoms with Crippen LogP contribution in [0.3, 0.4) is 0 Å². The average Bonchev–Trinajstić information content (AvgIpc) is 3.05. The van der Waals surface area contributed by atoms with Crippen LogP contribution in [0, 0.1) is 5.82 Å². The van der Waals surface area contributed by atoms with E-state index in [1.54, 1.807) is 12.1 Å². The minimum absolute atomic E-state index is 0.0172. The number of nitrogens with one attached hydrogen (secondary N) is 2. The maximum atomic E-state index is 13.1. The molecule has 3 rings (SSSR count). The number of nitrogens with zero attached hydrogens (tertiary/aromatic N) is 2. The average molecular weight is 358 g/mol. The van der Waals surface area contributed by atoms with Gasteiger partial charge in [-0.1, -0.05) is 30.8 Å². The first-order valence-electron chi connectivity index (χ1n) is 8.08. The second-order valence-corrected chi connectivity index (χ2v) is 6.74. The third-order valence-electron chi connectivity index (χ3n) is 3.94. The number of fused-ring (bicyclic) bond motifs is 1. The van der Waals surface area contributed by atoms with E-state index in [2.05, 4.69) is 20.3 Å². The van der Waals surface area contributed by atoms with Crippen molar-refractivity contribution in [1.82, 2.24) is 20.3 Å². The number of aromatic nitrogens is 3. The molecular weight excluding hydrogens is 339 g/mol. The molecular formula is C18H19FN4OS. The van der Waals surface area contributed by atoms with Gasteiger partial charge in [0.1, 0.15) is 22.7 Å². The molecule has 0 aliphatic rings. The van der Waals surface area contributed by atoms with Gasteiger partial charge >= 0.3 is 0 Å². The Morgan fingerprint density at radius 2 is 2.08 bits per heavy atom.